The predicted molar refractivity (Wildman–Crippen MR) is 168 cm³/mol. The van der Waals surface area contributed by atoms with Crippen molar-refractivity contribution in [1.29, 1.82) is 0 Å². The highest BCUT2D eigenvalue weighted by atomic mass is 16.5. The van der Waals surface area contributed by atoms with Crippen molar-refractivity contribution < 1.29 is 19.4 Å². The Morgan fingerprint density at radius 1 is 1.19 bits per heavy atom. The Morgan fingerprint density at radius 3 is 2.72 bits per heavy atom. The minimum Gasteiger partial charge on any atom is -0.488 e. The monoisotopic (exact) mass is 583 g/mol. The molecule has 9 heteroatoms. The van der Waals surface area contributed by atoms with E-state index in [-0.39, 0.29) is 49.3 Å². The van der Waals surface area contributed by atoms with Crippen LogP contribution in [0.5, 0.6) is 5.75 Å². The van der Waals surface area contributed by atoms with Crippen LogP contribution in [0, 0.1) is 5.92 Å². The van der Waals surface area contributed by atoms with Crippen molar-refractivity contribution in [2.45, 2.75) is 45.4 Å². The zero-order chi connectivity index (χ0) is 30.5. The van der Waals surface area contributed by atoms with Gasteiger partial charge in [-0.1, -0.05) is 25.1 Å². The minimum atomic E-state index is -0.324. The number of likely N-dealkylation sites (N-methyl/N-ethyl adjacent to an activating group) is 1. The van der Waals surface area contributed by atoms with Gasteiger partial charge in [0.1, 0.15) is 11.9 Å². The molecule has 5 rings (SSSR count). The van der Waals surface area contributed by atoms with Crippen molar-refractivity contribution in [3.8, 4) is 5.75 Å². The number of carbonyl (C=O) groups is 2. The van der Waals surface area contributed by atoms with Gasteiger partial charge in [-0.3, -0.25) is 19.5 Å². The number of para-hydroxylation sites is 1. The van der Waals surface area contributed by atoms with E-state index < -0.39 is 0 Å². The number of pyridine rings is 1. The van der Waals surface area contributed by atoms with Crippen LogP contribution >= 0.6 is 0 Å². The van der Waals surface area contributed by atoms with Gasteiger partial charge in [0.25, 0.3) is 0 Å². The molecule has 3 atom stereocenters. The van der Waals surface area contributed by atoms with Crippen LogP contribution in [0.3, 0.4) is 0 Å². The smallest absolute Gasteiger partial charge is 0.228 e. The summed E-state index contributed by atoms with van der Waals surface area (Å²) in [7, 11) is 4.03. The van der Waals surface area contributed by atoms with E-state index in [0.717, 1.165) is 28.6 Å². The number of nitrogens with one attached hydrogen (secondary N) is 1. The second-order valence-corrected chi connectivity index (χ2v) is 11.8. The van der Waals surface area contributed by atoms with Crippen molar-refractivity contribution in [2.75, 3.05) is 32.1 Å². The summed E-state index contributed by atoms with van der Waals surface area (Å²) >= 11 is 0. The lowest BCUT2D eigenvalue weighted by Crippen LogP contribution is -2.47. The third-order valence-corrected chi connectivity index (χ3v) is 8.22. The first-order chi connectivity index (χ1) is 20.7. The normalized spacial score (nSPS) is 18.0. The van der Waals surface area contributed by atoms with Gasteiger partial charge in [-0.15, -0.1) is 0 Å². The number of hydrogen-bond donors (Lipinski definition) is 2. The highest BCUT2D eigenvalue weighted by Crippen LogP contribution is 2.30. The number of benzene rings is 2. The van der Waals surface area contributed by atoms with Crippen LogP contribution in [-0.2, 0) is 36.0 Å². The lowest BCUT2D eigenvalue weighted by atomic mass is 10.0. The van der Waals surface area contributed by atoms with Crippen LogP contribution < -0.4 is 10.1 Å². The fourth-order valence-electron chi connectivity index (χ4n) is 5.84. The Kier molecular flexibility index (Phi) is 9.43. The van der Waals surface area contributed by atoms with E-state index in [9.17, 15) is 14.7 Å². The number of carbonyl (C=O) groups excluding carboxylic acids is 2. The second kappa shape index (κ2) is 13.4. The predicted octanol–water partition coefficient (Wildman–Crippen LogP) is 4.04. The summed E-state index contributed by atoms with van der Waals surface area (Å²) in [5.74, 6) is 0.423. The number of nitrogens with zero attached hydrogens (tertiary/aromatic N) is 4. The Bertz CT molecular complexity index is 1570. The van der Waals surface area contributed by atoms with Crippen molar-refractivity contribution in [3.05, 3.63) is 89.9 Å². The Labute approximate surface area is 253 Å². The standard InChI is InChI=1S/C34H41N5O4/c1-23-18-39(24(2)22-40)34(42)17-26-15-28(36-33(41)16-27-20-38(4)30-8-6-5-7-29(27)30)9-10-31(26)43-32(23)21-37(3)19-25-11-13-35-14-12-25/h5-15,20,23-24,32,40H,16-19,21-22H2,1-4H3,(H,36,41)/t23-,24+,32-/m1/s1. The number of ether oxygens (including phenoxy) is 1. The van der Waals surface area contributed by atoms with Gasteiger partial charge in [0.15, 0.2) is 0 Å². The summed E-state index contributed by atoms with van der Waals surface area (Å²) in [6.07, 6.45) is 5.70. The molecule has 2 aromatic carbocycles. The molecule has 1 aliphatic heterocycles. The van der Waals surface area contributed by atoms with Gasteiger partial charge in [0.2, 0.25) is 11.8 Å². The van der Waals surface area contributed by atoms with Gasteiger partial charge >= 0.3 is 0 Å². The summed E-state index contributed by atoms with van der Waals surface area (Å²) in [4.78, 5) is 34.8. The van der Waals surface area contributed by atoms with Crippen LogP contribution in [-0.4, -0.2) is 75.2 Å². The van der Waals surface area contributed by atoms with Gasteiger partial charge in [-0.25, -0.2) is 0 Å². The molecule has 2 aromatic heterocycles. The highest BCUT2D eigenvalue weighted by Gasteiger charge is 2.31. The van der Waals surface area contributed by atoms with Crippen molar-refractivity contribution >= 4 is 28.4 Å². The average Bonchev–Trinajstić information content (AvgIpc) is 3.32. The fourth-order valence-corrected chi connectivity index (χ4v) is 5.84. The molecule has 2 amide bonds. The highest BCUT2D eigenvalue weighted by molar-refractivity contribution is 5.96. The van der Waals surface area contributed by atoms with Crippen LogP contribution in [0.25, 0.3) is 10.9 Å². The Morgan fingerprint density at radius 2 is 1.95 bits per heavy atom. The van der Waals surface area contributed by atoms with Crippen molar-refractivity contribution in [3.63, 3.8) is 0 Å². The van der Waals surface area contributed by atoms with E-state index in [4.69, 9.17) is 4.74 Å². The molecule has 9 nitrogen and oxygen atoms in total. The van der Waals surface area contributed by atoms with Gasteiger partial charge in [-0.05, 0) is 61.5 Å². The number of rotatable bonds is 9. The molecule has 0 unspecified atom stereocenters. The number of aliphatic hydroxyl groups excluding tert-OH is 1. The molecule has 0 spiro atoms. The summed E-state index contributed by atoms with van der Waals surface area (Å²) < 4.78 is 8.67. The molecular weight excluding hydrogens is 542 g/mol. The van der Waals surface area contributed by atoms with Gasteiger partial charge in [0, 0.05) is 73.3 Å². The van der Waals surface area contributed by atoms with Crippen LogP contribution in [0.15, 0.2) is 73.2 Å². The van der Waals surface area contributed by atoms with Gasteiger partial charge in [-0.2, -0.15) is 0 Å². The van der Waals surface area contributed by atoms with Crippen molar-refractivity contribution in [2.24, 2.45) is 13.0 Å². The molecule has 2 N–H and O–H groups in total. The molecule has 0 saturated carbocycles. The molecule has 43 heavy (non-hydrogen) atoms. The number of aliphatic hydroxyl groups is 1. The first-order valence-electron chi connectivity index (χ1n) is 14.8. The average molecular weight is 584 g/mol. The van der Waals surface area contributed by atoms with Gasteiger partial charge in [0.05, 0.1) is 25.5 Å². The number of aromatic nitrogens is 2. The molecule has 0 aliphatic carbocycles. The third kappa shape index (κ3) is 7.24. The van der Waals surface area contributed by atoms with E-state index in [1.165, 1.54) is 0 Å². The van der Waals surface area contributed by atoms with Gasteiger partial charge < -0.3 is 24.6 Å². The first-order valence-corrected chi connectivity index (χ1v) is 14.8. The fraction of sp³-hybridized carbons (Fsp3) is 0.382. The Hall–Kier alpha value is -4.21. The van der Waals surface area contributed by atoms with Crippen molar-refractivity contribution in [1.82, 2.24) is 19.4 Å². The maximum atomic E-state index is 13.6. The number of hydrogen-bond acceptors (Lipinski definition) is 6. The minimum absolute atomic E-state index is 0.00358. The zero-order valence-corrected chi connectivity index (χ0v) is 25.4. The quantitative estimate of drug-likeness (QED) is 0.309. The maximum absolute atomic E-state index is 13.6. The largest absolute Gasteiger partial charge is 0.488 e. The lowest BCUT2D eigenvalue weighted by Gasteiger charge is -2.34. The van der Waals surface area contributed by atoms with E-state index in [2.05, 4.69) is 29.2 Å². The second-order valence-electron chi connectivity index (χ2n) is 11.8. The van der Waals surface area contributed by atoms with Crippen LogP contribution in [0.2, 0.25) is 0 Å². The van der Waals surface area contributed by atoms with Crippen LogP contribution in [0.4, 0.5) is 5.69 Å². The summed E-state index contributed by atoms with van der Waals surface area (Å²) in [6, 6.07) is 17.2. The zero-order valence-electron chi connectivity index (χ0n) is 25.4. The molecule has 0 saturated heterocycles. The number of fused-ring (bicyclic) bond motifs is 2. The lowest BCUT2D eigenvalue weighted by molar-refractivity contribution is -0.134. The number of amides is 2. The molecule has 4 aromatic rings. The summed E-state index contributed by atoms with van der Waals surface area (Å²) in [5, 5.41) is 14.0. The maximum Gasteiger partial charge on any atom is 0.228 e. The van der Waals surface area contributed by atoms with E-state index in [1.54, 1.807) is 17.3 Å². The number of aryl methyl sites for hydroxylation is 1. The van der Waals surface area contributed by atoms with E-state index >= 15 is 0 Å². The van der Waals surface area contributed by atoms with Crippen LogP contribution in [0.1, 0.15) is 30.5 Å². The molecule has 1 aliphatic rings. The third-order valence-electron chi connectivity index (χ3n) is 8.22. The molecular formula is C34H41N5O4. The van der Waals surface area contributed by atoms with E-state index in [0.29, 0.717) is 30.1 Å². The SMILES string of the molecule is C[C@@H]1CN([C@@H](C)CO)C(=O)Cc2cc(NC(=O)Cc3cn(C)c4ccccc34)ccc2O[C@@H]1CN(C)Cc1ccncc1. The topological polar surface area (TPSA) is 99.9 Å². The summed E-state index contributed by atoms with van der Waals surface area (Å²) in [6.45, 7) is 5.67. The molecule has 0 bridgehead atoms. The summed E-state index contributed by atoms with van der Waals surface area (Å²) in [5.41, 5.74) is 4.51. The number of anilines is 1. The first kappa shape index (κ1) is 30.3. The molecule has 0 fully saturated rings. The molecule has 3 heterocycles. The molecule has 226 valence electrons. The van der Waals surface area contributed by atoms with E-state index in [1.807, 2.05) is 79.3 Å². The Balaban J connectivity index is 1.37. The molecule has 0 radical (unpaired) electrons.